The van der Waals surface area contributed by atoms with Gasteiger partial charge in [-0.1, -0.05) is 57.9 Å². The van der Waals surface area contributed by atoms with Gasteiger partial charge < -0.3 is 59.8 Å². The molecule has 0 spiro atoms. The molecule has 2 heterocycles. The molecular formula is C41H64O14. The van der Waals surface area contributed by atoms with Crippen LogP contribution in [0.5, 0.6) is 0 Å². The van der Waals surface area contributed by atoms with Crippen LogP contribution in [-0.2, 0) is 28.5 Å². The lowest BCUT2D eigenvalue weighted by Gasteiger charge is -2.55. The van der Waals surface area contributed by atoms with Crippen molar-refractivity contribution in [3.63, 3.8) is 0 Å². The van der Waals surface area contributed by atoms with Crippen molar-refractivity contribution in [1.29, 1.82) is 0 Å². The molecule has 14 heteroatoms. The average Bonchev–Trinajstić information content (AvgIpc) is 3.21. The number of fused-ring (bicyclic) bond motifs is 5. The van der Waals surface area contributed by atoms with Crippen LogP contribution in [0.3, 0.4) is 0 Å². The van der Waals surface area contributed by atoms with Crippen molar-refractivity contribution in [3.8, 4) is 0 Å². The van der Waals surface area contributed by atoms with Gasteiger partial charge in [-0.25, -0.2) is 0 Å². The van der Waals surface area contributed by atoms with E-state index in [0.29, 0.717) is 12.8 Å². The van der Waals surface area contributed by atoms with Gasteiger partial charge in [-0.15, -0.1) is 0 Å². The van der Waals surface area contributed by atoms with E-state index in [1.165, 1.54) is 25.0 Å². The molecule has 0 amide bonds. The van der Waals surface area contributed by atoms with Crippen LogP contribution in [0.1, 0.15) is 93.4 Å². The normalized spacial score (nSPS) is 45.7. The van der Waals surface area contributed by atoms with Gasteiger partial charge in [-0.05, 0) is 68.6 Å². The van der Waals surface area contributed by atoms with Crippen LogP contribution in [0.4, 0.5) is 0 Å². The van der Waals surface area contributed by atoms with Crippen molar-refractivity contribution in [1.82, 2.24) is 0 Å². The maximum Gasteiger partial charge on any atom is 0.187 e. The summed E-state index contributed by atoms with van der Waals surface area (Å²) in [6, 6.07) is 0. The summed E-state index contributed by atoms with van der Waals surface area (Å²) in [6.07, 6.45) is -5.89. The molecule has 8 N–H and O–H groups in total. The van der Waals surface area contributed by atoms with Gasteiger partial charge in [0.1, 0.15) is 54.6 Å². The summed E-state index contributed by atoms with van der Waals surface area (Å²) in [4.78, 5) is 27.9. The molecule has 4 fully saturated rings. The molecule has 17 atom stereocenters. The van der Waals surface area contributed by atoms with Gasteiger partial charge in [0.2, 0.25) is 0 Å². The first-order chi connectivity index (χ1) is 25.6. The Balaban J connectivity index is 1.15. The molecule has 2 saturated carbocycles. The first-order valence-corrected chi connectivity index (χ1v) is 20.0. The highest BCUT2D eigenvalue weighted by Gasteiger charge is 2.65. The molecular weight excluding hydrogens is 716 g/mol. The van der Waals surface area contributed by atoms with Gasteiger partial charge in [-0.2, -0.15) is 0 Å². The van der Waals surface area contributed by atoms with Crippen LogP contribution in [0.15, 0.2) is 23.3 Å². The molecule has 6 aliphatic rings. The minimum atomic E-state index is -1.70. The Morgan fingerprint density at radius 2 is 1.64 bits per heavy atom. The molecule has 0 bridgehead atoms. The summed E-state index contributed by atoms with van der Waals surface area (Å²) in [5.74, 6) is -0.972. The van der Waals surface area contributed by atoms with Crippen molar-refractivity contribution in [2.24, 2.45) is 39.9 Å². The lowest BCUT2D eigenvalue weighted by atomic mass is 9.49. The number of hydrogen-bond donors (Lipinski definition) is 8. The first-order valence-electron chi connectivity index (χ1n) is 20.0. The second kappa shape index (κ2) is 15.5. The smallest absolute Gasteiger partial charge is 0.187 e. The van der Waals surface area contributed by atoms with E-state index in [4.69, 9.17) is 18.9 Å². The predicted octanol–water partition coefficient (Wildman–Crippen LogP) is 1.07. The lowest BCUT2D eigenvalue weighted by Crippen LogP contribution is -2.61. The molecule has 312 valence electrons. The van der Waals surface area contributed by atoms with Gasteiger partial charge in [0, 0.05) is 30.1 Å². The number of hydrogen-bond acceptors (Lipinski definition) is 14. The molecule has 0 aromatic rings. The monoisotopic (exact) mass is 780 g/mol. The van der Waals surface area contributed by atoms with Crippen LogP contribution in [-0.4, -0.2) is 139 Å². The number of ether oxygens (including phenoxy) is 4. The summed E-state index contributed by atoms with van der Waals surface area (Å²) in [7, 11) is 0. The van der Waals surface area contributed by atoms with Crippen LogP contribution < -0.4 is 0 Å². The summed E-state index contributed by atoms with van der Waals surface area (Å²) in [5.41, 5.74) is -0.221. The SMILES string of the molecule is C[C@H](CC(=O)C(O)C(C)(C)O[C@@H]1O[C@H](CO)[C@@H](O)[C@H](O)[C@H]1O)[C@H]1C(=O)C[C@@]2(C)C3=CCC[C@@H]4C(=CCC(O[C@@H]5OC[C@@H](O)[C@H](O)[C@H]5O)C4(C)C)[C@H]3CC[C@]12C. The Labute approximate surface area is 323 Å². The van der Waals surface area contributed by atoms with Crippen LogP contribution >= 0.6 is 0 Å². The van der Waals surface area contributed by atoms with Crippen molar-refractivity contribution < 1.29 is 69.4 Å². The van der Waals surface area contributed by atoms with E-state index in [1.54, 1.807) is 0 Å². The van der Waals surface area contributed by atoms with Crippen molar-refractivity contribution in [2.75, 3.05) is 13.2 Å². The molecule has 2 unspecified atom stereocenters. The quantitative estimate of drug-likeness (QED) is 0.145. The van der Waals surface area contributed by atoms with Crippen molar-refractivity contribution >= 4 is 11.6 Å². The average molecular weight is 781 g/mol. The third-order valence-corrected chi connectivity index (χ3v) is 14.8. The number of carbonyl (C=O) groups is 2. The molecule has 4 aliphatic carbocycles. The van der Waals surface area contributed by atoms with Gasteiger partial charge in [0.15, 0.2) is 18.4 Å². The molecule has 55 heavy (non-hydrogen) atoms. The van der Waals surface area contributed by atoms with E-state index in [9.17, 15) is 50.4 Å². The Morgan fingerprint density at radius 1 is 0.964 bits per heavy atom. The fraction of sp³-hybridized carbons (Fsp3) is 0.854. The minimum Gasteiger partial charge on any atom is -0.394 e. The topological polar surface area (TPSA) is 233 Å². The van der Waals surface area contributed by atoms with Crippen molar-refractivity contribution in [2.45, 2.75) is 167 Å². The highest BCUT2D eigenvalue weighted by molar-refractivity contribution is 5.89. The first kappa shape index (κ1) is 42.9. The van der Waals surface area contributed by atoms with E-state index in [2.05, 4.69) is 39.8 Å². The Hall–Kier alpha value is -1.66. The summed E-state index contributed by atoms with van der Waals surface area (Å²) >= 11 is 0. The number of aliphatic hydroxyl groups is 8. The summed E-state index contributed by atoms with van der Waals surface area (Å²) in [6.45, 7) is 12.7. The number of allylic oxidation sites excluding steroid dienone is 3. The summed E-state index contributed by atoms with van der Waals surface area (Å²) in [5, 5.41) is 82.4. The van der Waals surface area contributed by atoms with E-state index >= 15 is 0 Å². The van der Waals surface area contributed by atoms with Gasteiger partial charge in [0.25, 0.3) is 0 Å². The van der Waals surface area contributed by atoms with Crippen LogP contribution in [0.25, 0.3) is 0 Å². The number of carbonyl (C=O) groups excluding carboxylic acids is 2. The summed E-state index contributed by atoms with van der Waals surface area (Å²) < 4.78 is 23.2. The van der Waals surface area contributed by atoms with Gasteiger partial charge in [0.05, 0.1) is 24.9 Å². The Morgan fingerprint density at radius 3 is 2.31 bits per heavy atom. The number of Topliss-reactive ketones (excluding diaryl/α,β-unsaturated/α-hetero) is 2. The Kier molecular flexibility index (Phi) is 12.1. The highest BCUT2D eigenvalue weighted by Crippen LogP contribution is 2.69. The predicted molar refractivity (Wildman–Crippen MR) is 196 cm³/mol. The fourth-order valence-corrected chi connectivity index (χ4v) is 11.3. The maximum absolute atomic E-state index is 14.2. The van der Waals surface area contributed by atoms with E-state index < -0.39 is 102 Å². The number of ketones is 2. The Bertz CT molecular complexity index is 1510. The highest BCUT2D eigenvalue weighted by atomic mass is 16.7. The zero-order chi connectivity index (χ0) is 40.6. The minimum absolute atomic E-state index is 0.0919. The molecule has 0 aromatic carbocycles. The molecule has 6 rings (SSSR count). The molecule has 14 nitrogen and oxygen atoms in total. The van der Waals surface area contributed by atoms with E-state index in [1.807, 2.05) is 6.92 Å². The fourth-order valence-electron chi connectivity index (χ4n) is 11.3. The zero-order valence-corrected chi connectivity index (χ0v) is 33.2. The second-order valence-electron chi connectivity index (χ2n) is 18.9. The third-order valence-electron chi connectivity index (χ3n) is 14.8. The van der Waals surface area contributed by atoms with Gasteiger partial charge >= 0.3 is 0 Å². The van der Waals surface area contributed by atoms with E-state index in [-0.39, 0.29) is 42.2 Å². The number of rotatable bonds is 10. The van der Waals surface area contributed by atoms with E-state index in [0.717, 1.165) is 25.7 Å². The lowest BCUT2D eigenvalue weighted by molar-refractivity contribution is -0.329. The number of aliphatic hydroxyl groups excluding tert-OH is 8. The standard InChI is InChI=1S/C41H64O14/c1-19(15-24(43)35(51)39(4,5)55-37-34(50)32(48)31(47)27(17-42)53-37)29-25(44)16-41(7)23-10-8-9-22-20(21(23)13-14-40(29,41)6)11-12-28(38(22,2)3)54-36-33(49)30(46)26(45)18-52-36/h10-11,19,21-22,26-37,42,45-51H,8-9,12-18H2,1-7H3/t19-,21-,22-,26-,27-,28?,29+,30+,31-,32+,33-,34-,35?,36+,37+,40-,41+/m1/s1. The zero-order valence-electron chi connectivity index (χ0n) is 33.2. The van der Waals surface area contributed by atoms with Crippen molar-refractivity contribution in [3.05, 3.63) is 23.3 Å². The molecule has 0 radical (unpaired) electrons. The molecule has 2 aliphatic heterocycles. The third kappa shape index (κ3) is 7.24. The van der Waals surface area contributed by atoms with Crippen LogP contribution in [0.2, 0.25) is 0 Å². The molecule has 2 saturated heterocycles. The largest absolute Gasteiger partial charge is 0.394 e. The van der Waals surface area contributed by atoms with Gasteiger partial charge in [-0.3, -0.25) is 9.59 Å². The second-order valence-corrected chi connectivity index (χ2v) is 18.9. The molecule has 0 aromatic heterocycles. The van der Waals surface area contributed by atoms with Crippen LogP contribution in [0, 0.1) is 39.9 Å². The maximum atomic E-state index is 14.2.